The minimum Gasteiger partial charge on any atom is -0.488 e. The highest BCUT2D eigenvalue weighted by atomic mass is 16.5. The molecule has 0 radical (unpaired) electrons. The minimum atomic E-state index is 0.202. The van der Waals surface area contributed by atoms with Gasteiger partial charge in [-0.25, -0.2) is 9.97 Å². The van der Waals surface area contributed by atoms with Crippen molar-refractivity contribution in [1.29, 1.82) is 0 Å². The molecule has 3 aromatic heterocycles. The molecule has 0 aliphatic carbocycles. The number of rotatable bonds is 5. The molecule has 1 saturated heterocycles. The quantitative estimate of drug-likeness (QED) is 0.707. The van der Waals surface area contributed by atoms with Crippen LogP contribution in [0.3, 0.4) is 0 Å². The van der Waals surface area contributed by atoms with Crippen molar-refractivity contribution in [2.45, 2.75) is 25.5 Å². The van der Waals surface area contributed by atoms with Crippen LogP contribution in [0.25, 0.3) is 11.3 Å². The highest BCUT2D eigenvalue weighted by Gasteiger charge is 2.22. The Bertz CT molecular complexity index is 820. The molecular weight excluding hydrogens is 326 g/mol. The molecule has 0 aromatic carbocycles. The number of nitrogens with zero attached hydrogens (tertiary/aromatic N) is 5. The first kappa shape index (κ1) is 16.6. The molecule has 1 aliphatic rings. The van der Waals surface area contributed by atoms with Gasteiger partial charge in [0, 0.05) is 49.6 Å². The maximum atomic E-state index is 6.30. The van der Waals surface area contributed by atoms with Gasteiger partial charge in [-0.2, -0.15) is 0 Å². The highest BCUT2D eigenvalue weighted by Crippen LogP contribution is 2.29. The maximum Gasteiger partial charge on any atom is 0.145 e. The molecule has 3 aromatic rings. The van der Waals surface area contributed by atoms with Gasteiger partial charge in [0.15, 0.2) is 0 Å². The number of hydrogen-bond acceptors (Lipinski definition) is 6. The van der Waals surface area contributed by atoms with Crippen LogP contribution in [0.15, 0.2) is 61.3 Å². The molecule has 0 unspecified atom stereocenters. The molecule has 26 heavy (non-hydrogen) atoms. The molecule has 6 nitrogen and oxygen atoms in total. The first-order valence-corrected chi connectivity index (χ1v) is 8.89. The van der Waals surface area contributed by atoms with Crippen LogP contribution < -0.4 is 4.74 Å². The zero-order valence-electron chi connectivity index (χ0n) is 14.5. The Morgan fingerprint density at radius 2 is 1.62 bits per heavy atom. The second-order valence-electron chi connectivity index (χ2n) is 6.34. The Balaban J connectivity index is 1.38. The van der Waals surface area contributed by atoms with Gasteiger partial charge < -0.3 is 4.74 Å². The Morgan fingerprint density at radius 3 is 2.38 bits per heavy atom. The summed E-state index contributed by atoms with van der Waals surface area (Å²) in [5.74, 6) is 1.71. The highest BCUT2D eigenvalue weighted by molar-refractivity contribution is 5.65. The van der Waals surface area contributed by atoms with Crippen LogP contribution in [0.1, 0.15) is 18.7 Å². The summed E-state index contributed by atoms with van der Waals surface area (Å²) in [7, 11) is 0. The van der Waals surface area contributed by atoms with Gasteiger partial charge in [-0.3, -0.25) is 14.9 Å². The van der Waals surface area contributed by atoms with Crippen LogP contribution >= 0.6 is 0 Å². The molecule has 0 atom stereocenters. The molecule has 4 heterocycles. The van der Waals surface area contributed by atoms with Crippen molar-refractivity contribution in [3.63, 3.8) is 0 Å². The fourth-order valence-corrected chi connectivity index (χ4v) is 3.19. The standard InChI is InChI=1S/C20H21N5O/c1-3-18(20(24-8-1)16-4-11-21-12-5-16)26-17-6-13-25(14-7-17)15-19-22-9-2-10-23-19/h1-5,8-12,17H,6-7,13-15H2. The minimum absolute atomic E-state index is 0.202. The van der Waals surface area contributed by atoms with E-state index in [9.17, 15) is 0 Å². The van der Waals surface area contributed by atoms with Crippen molar-refractivity contribution in [2.75, 3.05) is 13.1 Å². The SMILES string of the molecule is c1cnc(CN2CCC(Oc3cccnc3-c3ccncc3)CC2)nc1. The van der Waals surface area contributed by atoms with Gasteiger partial charge in [-0.1, -0.05) is 0 Å². The van der Waals surface area contributed by atoms with E-state index in [-0.39, 0.29) is 6.10 Å². The smallest absolute Gasteiger partial charge is 0.145 e. The fraction of sp³-hybridized carbons (Fsp3) is 0.300. The van der Waals surface area contributed by atoms with Crippen LogP contribution in [0.4, 0.5) is 0 Å². The first-order chi connectivity index (χ1) is 12.9. The lowest BCUT2D eigenvalue weighted by molar-refractivity contribution is 0.0955. The van der Waals surface area contributed by atoms with Gasteiger partial charge in [0.2, 0.25) is 0 Å². The van der Waals surface area contributed by atoms with Crippen LogP contribution in [-0.4, -0.2) is 44.0 Å². The van der Waals surface area contributed by atoms with Gasteiger partial charge in [0.05, 0.1) is 6.54 Å². The van der Waals surface area contributed by atoms with Crippen molar-refractivity contribution in [3.05, 3.63) is 67.1 Å². The van der Waals surface area contributed by atoms with Crippen molar-refractivity contribution in [1.82, 2.24) is 24.8 Å². The second-order valence-corrected chi connectivity index (χ2v) is 6.34. The zero-order valence-corrected chi connectivity index (χ0v) is 14.5. The van der Waals surface area contributed by atoms with E-state index in [1.165, 1.54) is 0 Å². The van der Waals surface area contributed by atoms with E-state index in [1.54, 1.807) is 31.0 Å². The lowest BCUT2D eigenvalue weighted by Gasteiger charge is -2.31. The predicted molar refractivity (Wildman–Crippen MR) is 98.4 cm³/mol. The van der Waals surface area contributed by atoms with Crippen LogP contribution in [-0.2, 0) is 6.54 Å². The topological polar surface area (TPSA) is 64.0 Å². The number of likely N-dealkylation sites (tertiary alicyclic amines) is 1. The van der Waals surface area contributed by atoms with Crippen molar-refractivity contribution >= 4 is 0 Å². The summed E-state index contributed by atoms with van der Waals surface area (Å²) in [6, 6.07) is 9.67. The van der Waals surface area contributed by atoms with Gasteiger partial charge in [-0.15, -0.1) is 0 Å². The Kier molecular flexibility index (Phi) is 5.12. The van der Waals surface area contributed by atoms with Crippen LogP contribution in [0.2, 0.25) is 0 Å². The van der Waals surface area contributed by atoms with Crippen LogP contribution in [0, 0.1) is 0 Å². The van der Waals surface area contributed by atoms with Crippen LogP contribution in [0.5, 0.6) is 5.75 Å². The average molecular weight is 347 g/mol. The van der Waals surface area contributed by atoms with E-state index in [0.717, 1.165) is 55.3 Å². The molecule has 0 bridgehead atoms. The third kappa shape index (κ3) is 4.03. The summed E-state index contributed by atoms with van der Waals surface area (Å²) in [6.45, 7) is 2.75. The summed E-state index contributed by atoms with van der Waals surface area (Å²) in [5, 5.41) is 0. The lowest BCUT2D eigenvalue weighted by Crippen LogP contribution is -2.38. The third-order valence-corrected chi connectivity index (χ3v) is 4.54. The Hall–Kier alpha value is -2.86. The Labute approximate surface area is 152 Å². The van der Waals surface area contributed by atoms with Gasteiger partial charge in [0.25, 0.3) is 0 Å². The molecule has 0 saturated carbocycles. The van der Waals surface area contributed by atoms with E-state index in [1.807, 2.05) is 30.3 Å². The van der Waals surface area contributed by atoms with E-state index in [0.29, 0.717) is 0 Å². The Morgan fingerprint density at radius 1 is 0.885 bits per heavy atom. The number of ether oxygens (including phenoxy) is 1. The summed E-state index contributed by atoms with van der Waals surface area (Å²) >= 11 is 0. The first-order valence-electron chi connectivity index (χ1n) is 8.89. The summed E-state index contributed by atoms with van der Waals surface area (Å²) in [5.41, 5.74) is 1.89. The molecule has 0 N–H and O–H groups in total. The number of pyridine rings is 2. The molecule has 0 amide bonds. The van der Waals surface area contributed by atoms with E-state index in [4.69, 9.17) is 4.74 Å². The molecule has 6 heteroatoms. The second kappa shape index (κ2) is 8.01. The molecular formula is C20H21N5O. The number of piperidine rings is 1. The molecule has 4 rings (SSSR count). The number of hydrogen-bond donors (Lipinski definition) is 0. The molecule has 1 fully saturated rings. The molecule has 132 valence electrons. The molecule has 1 aliphatic heterocycles. The largest absolute Gasteiger partial charge is 0.488 e. The van der Waals surface area contributed by atoms with E-state index < -0.39 is 0 Å². The lowest BCUT2D eigenvalue weighted by atomic mass is 10.1. The monoisotopic (exact) mass is 347 g/mol. The summed E-state index contributed by atoms with van der Waals surface area (Å²) in [6.07, 6.45) is 11.1. The van der Waals surface area contributed by atoms with Gasteiger partial charge in [0.1, 0.15) is 23.4 Å². The van der Waals surface area contributed by atoms with Crippen molar-refractivity contribution in [3.8, 4) is 17.0 Å². The number of aromatic nitrogens is 4. The van der Waals surface area contributed by atoms with E-state index in [2.05, 4.69) is 24.8 Å². The summed E-state index contributed by atoms with van der Waals surface area (Å²) in [4.78, 5) is 19.6. The average Bonchev–Trinajstić information content (AvgIpc) is 2.71. The summed E-state index contributed by atoms with van der Waals surface area (Å²) < 4.78 is 6.30. The third-order valence-electron chi connectivity index (χ3n) is 4.54. The zero-order chi connectivity index (χ0) is 17.6. The predicted octanol–water partition coefficient (Wildman–Crippen LogP) is 2.98. The van der Waals surface area contributed by atoms with Crippen molar-refractivity contribution < 1.29 is 4.74 Å². The van der Waals surface area contributed by atoms with Gasteiger partial charge in [-0.05, 0) is 43.2 Å². The van der Waals surface area contributed by atoms with Gasteiger partial charge >= 0.3 is 0 Å². The fourth-order valence-electron chi connectivity index (χ4n) is 3.19. The molecule has 0 spiro atoms. The maximum absolute atomic E-state index is 6.30. The normalized spacial score (nSPS) is 15.7. The van der Waals surface area contributed by atoms with Crippen molar-refractivity contribution in [2.24, 2.45) is 0 Å². The van der Waals surface area contributed by atoms with E-state index >= 15 is 0 Å².